The Morgan fingerprint density at radius 1 is 0.793 bits per heavy atom. The minimum Gasteiger partial charge on any atom is -0.468 e. The molecule has 2 atom stereocenters. The van der Waals surface area contributed by atoms with Gasteiger partial charge in [-0.05, 0) is 24.0 Å². The maximum atomic E-state index is 14.0. The largest absolute Gasteiger partial charge is 0.468 e. The quantitative estimate of drug-likeness (QED) is 0.536. The molecule has 1 saturated heterocycles. The molecule has 0 radical (unpaired) electrons. The second-order valence-corrected chi connectivity index (χ2v) is 8.28. The van der Waals surface area contributed by atoms with Gasteiger partial charge in [0.05, 0.1) is 14.2 Å². The zero-order valence-electron chi connectivity index (χ0n) is 16.6. The molecule has 2 aromatic rings. The number of thioether (sulfide) groups is 1. The van der Waals surface area contributed by atoms with Gasteiger partial charge in [-0.15, -0.1) is 0 Å². The number of methoxy groups -OCH3 is 2. The molecule has 5 nitrogen and oxygen atoms in total. The lowest BCUT2D eigenvalue weighted by atomic mass is 9.65. The van der Waals surface area contributed by atoms with Crippen molar-refractivity contribution < 1.29 is 23.9 Å². The van der Waals surface area contributed by atoms with Crippen molar-refractivity contribution >= 4 is 29.5 Å². The van der Waals surface area contributed by atoms with Crippen LogP contribution in [0.25, 0.3) is 0 Å². The summed E-state index contributed by atoms with van der Waals surface area (Å²) in [7, 11) is 2.55. The van der Waals surface area contributed by atoms with Crippen LogP contribution in [0.2, 0.25) is 0 Å². The zero-order valence-corrected chi connectivity index (χ0v) is 17.4. The van der Waals surface area contributed by atoms with Crippen LogP contribution in [-0.4, -0.2) is 43.4 Å². The summed E-state index contributed by atoms with van der Waals surface area (Å²) in [5, 5.41) is 0. The van der Waals surface area contributed by atoms with Gasteiger partial charge in [0.15, 0.2) is 5.78 Å². The molecule has 6 heteroatoms. The van der Waals surface area contributed by atoms with Crippen LogP contribution in [0.5, 0.6) is 0 Å². The number of ether oxygens (including phenoxy) is 2. The highest BCUT2D eigenvalue weighted by molar-refractivity contribution is 7.99. The molecule has 1 aliphatic rings. The van der Waals surface area contributed by atoms with E-state index in [9.17, 15) is 14.4 Å². The van der Waals surface area contributed by atoms with E-state index in [1.165, 1.54) is 26.0 Å². The van der Waals surface area contributed by atoms with Crippen molar-refractivity contribution in [1.82, 2.24) is 0 Å². The van der Waals surface area contributed by atoms with E-state index in [4.69, 9.17) is 9.47 Å². The van der Waals surface area contributed by atoms with Gasteiger partial charge in [0.2, 0.25) is 0 Å². The molecule has 0 amide bonds. The number of esters is 2. The molecule has 0 bridgehead atoms. The smallest absolute Gasteiger partial charge is 0.320 e. The first-order valence-electron chi connectivity index (χ1n) is 9.36. The van der Waals surface area contributed by atoms with Crippen LogP contribution in [0.15, 0.2) is 60.7 Å². The number of hydrogen-bond donors (Lipinski definition) is 0. The van der Waals surface area contributed by atoms with E-state index in [1.807, 2.05) is 60.7 Å². The number of benzene rings is 2. The van der Waals surface area contributed by atoms with Gasteiger partial charge in [-0.2, -0.15) is 11.8 Å². The van der Waals surface area contributed by atoms with Crippen molar-refractivity contribution in [2.45, 2.75) is 12.8 Å². The summed E-state index contributed by atoms with van der Waals surface area (Å²) in [5.41, 5.74) is -1.20. The highest BCUT2D eigenvalue weighted by Gasteiger charge is 2.62. The predicted octanol–water partition coefficient (Wildman–Crippen LogP) is 3.11. The second-order valence-electron chi connectivity index (χ2n) is 7.29. The van der Waals surface area contributed by atoms with E-state index >= 15 is 0 Å². The zero-order chi connectivity index (χ0) is 20.9. The molecule has 3 rings (SSSR count). The summed E-state index contributed by atoms with van der Waals surface area (Å²) in [4.78, 5) is 39.9. The van der Waals surface area contributed by atoms with Gasteiger partial charge < -0.3 is 9.47 Å². The Hall–Kier alpha value is -2.60. The normalized spacial score (nSPS) is 24.0. The summed E-state index contributed by atoms with van der Waals surface area (Å²) in [6.07, 6.45) is 0.361. The Kier molecular flexibility index (Phi) is 6.42. The SMILES string of the molecule is COC(=O)C1(Cc2ccccc2)CSCC(Cc2ccccc2)(C(=O)OC)C1=O. The van der Waals surface area contributed by atoms with Crippen LogP contribution in [0.1, 0.15) is 11.1 Å². The van der Waals surface area contributed by atoms with Crippen molar-refractivity contribution in [2.75, 3.05) is 25.7 Å². The first-order chi connectivity index (χ1) is 14.0. The van der Waals surface area contributed by atoms with Crippen molar-refractivity contribution in [2.24, 2.45) is 10.8 Å². The van der Waals surface area contributed by atoms with Crippen LogP contribution < -0.4 is 0 Å². The molecule has 152 valence electrons. The van der Waals surface area contributed by atoms with Gasteiger partial charge in [-0.25, -0.2) is 0 Å². The van der Waals surface area contributed by atoms with Gasteiger partial charge >= 0.3 is 11.9 Å². The monoisotopic (exact) mass is 412 g/mol. The maximum absolute atomic E-state index is 14.0. The first-order valence-corrected chi connectivity index (χ1v) is 10.5. The number of ketones is 1. The first kappa shape index (κ1) is 21.1. The molecule has 0 N–H and O–H groups in total. The predicted molar refractivity (Wildman–Crippen MR) is 112 cm³/mol. The van der Waals surface area contributed by atoms with Crippen molar-refractivity contribution in [3.8, 4) is 0 Å². The third-order valence-electron chi connectivity index (χ3n) is 5.42. The molecular formula is C23H24O5S. The number of carbonyl (C=O) groups is 3. The van der Waals surface area contributed by atoms with Crippen molar-refractivity contribution in [1.29, 1.82) is 0 Å². The molecule has 29 heavy (non-hydrogen) atoms. The fourth-order valence-corrected chi connectivity index (χ4v) is 5.48. The van der Waals surface area contributed by atoms with Crippen molar-refractivity contribution in [3.05, 3.63) is 71.8 Å². The lowest BCUT2D eigenvalue weighted by Crippen LogP contribution is -2.60. The van der Waals surface area contributed by atoms with E-state index in [0.29, 0.717) is 0 Å². The van der Waals surface area contributed by atoms with E-state index in [-0.39, 0.29) is 24.3 Å². The number of hydrogen-bond acceptors (Lipinski definition) is 6. The maximum Gasteiger partial charge on any atom is 0.320 e. The molecule has 1 aliphatic heterocycles. The summed E-state index contributed by atoms with van der Waals surface area (Å²) in [6.45, 7) is 0. The fraction of sp³-hybridized carbons (Fsp3) is 0.348. The molecule has 0 aliphatic carbocycles. The molecule has 0 saturated carbocycles. The van der Waals surface area contributed by atoms with E-state index in [2.05, 4.69) is 0 Å². The van der Waals surface area contributed by atoms with Gasteiger partial charge in [0.1, 0.15) is 10.8 Å². The minimum absolute atomic E-state index is 0.180. The molecular weight excluding hydrogens is 388 g/mol. The van der Waals surface area contributed by atoms with Crippen molar-refractivity contribution in [3.63, 3.8) is 0 Å². The standard InChI is InChI=1S/C23H24O5S/c1-27-20(25)22(13-17-9-5-3-6-10-17)15-29-16-23(19(22)24,21(26)28-2)14-18-11-7-4-8-12-18/h3-12H,13-16H2,1-2H3. The molecule has 2 aromatic carbocycles. The third-order valence-corrected chi connectivity index (χ3v) is 6.81. The van der Waals surface area contributed by atoms with E-state index in [1.54, 1.807) is 0 Å². The summed E-state index contributed by atoms with van der Waals surface area (Å²) < 4.78 is 10.1. The Labute approximate surface area is 174 Å². The summed E-state index contributed by atoms with van der Waals surface area (Å²) in [6, 6.07) is 18.7. The molecule has 1 heterocycles. The summed E-state index contributed by atoms with van der Waals surface area (Å²) in [5.74, 6) is -1.11. The van der Waals surface area contributed by atoms with Crippen LogP contribution >= 0.6 is 11.8 Å². The molecule has 2 unspecified atom stereocenters. The van der Waals surface area contributed by atoms with E-state index in [0.717, 1.165) is 11.1 Å². The third kappa shape index (κ3) is 3.94. The lowest BCUT2D eigenvalue weighted by Gasteiger charge is -2.42. The lowest BCUT2D eigenvalue weighted by molar-refractivity contribution is -0.167. The average molecular weight is 413 g/mol. The Bertz CT molecular complexity index is 811. The van der Waals surface area contributed by atoms with Gasteiger partial charge in [0, 0.05) is 11.5 Å². The Morgan fingerprint density at radius 3 is 1.52 bits per heavy atom. The summed E-state index contributed by atoms with van der Waals surface area (Å²) >= 11 is 1.42. The van der Waals surface area contributed by atoms with Gasteiger partial charge in [-0.3, -0.25) is 14.4 Å². The average Bonchev–Trinajstić information content (AvgIpc) is 2.76. The van der Waals surface area contributed by atoms with Crippen LogP contribution in [0.4, 0.5) is 0 Å². The highest BCUT2D eigenvalue weighted by atomic mass is 32.2. The molecule has 0 spiro atoms. The molecule has 1 fully saturated rings. The van der Waals surface area contributed by atoms with E-state index < -0.39 is 28.6 Å². The molecule has 0 aromatic heterocycles. The topological polar surface area (TPSA) is 69.7 Å². The number of carbonyl (C=O) groups excluding carboxylic acids is 3. The Morgan fingerprint density at radius 2 is 1.17 bits per heavy atom. The fourth-order valence-electron chi connectivity index (χ4n) is 3.98. The van der Waals surface area contributed by atoms with Crippen LogP contribution in [-0.2, 0) is 36.7 Å². The van der Waals surface area contributed by atoms with Gasteiger partial charge in [0.25, 0.3) is 0 Å². The second kappa shape index (κ2) is 8.82. The number of Topliss-reactive ketones (excluding diaryl/α,β-unsaturated/α-hetero) is 1. The van der Waals surface area contributed by atoms with Crippen LogP contribution in [0, 0.1) is 10.8 Å². The van der Waals surface area contributed by atoms with Gasteiger partial charge in [-0.1, -0.05) is 60.7 Å². The number of rotatable bonds is 6. The minimum atomic E-state index is -1.44. The van der Waals surface area contributed by atoms with Crippen LogP contribution in [0.3, 0.4) is 0 Å². The highest BCUT2D eigenvalue weighted by Crippen LogP contribution is 2.46. The Balaban J connectivity index is 2.09.